The second-order valence-electron chi connectivity index (χ2n) is 1.26. The first-order valence-electron chi connectivity index (χ1n) is 5.19. The van der Waals surface area contributed by atoms with Crippen molar-refractivity contribution >= 4 is 106 Å². The smallest absolute Gasteiger partial charge is 0 e. The maximum Gasteiger partial charge on any atom is 0 e. The Kier molecular flexibility index (Phi) is 165. The van der Waals surface area contributed by atoms with Gasteiger partial charge in [-0.25, -0.2) is 0 Å². The quantitative estimate of drug-likeness (QED) is 0.119. The Bertz CT molecular complexity index is 185. The van der Waals surface area contributed by atoms with Gasteiger partial charge in [-0.15, -0.1) is 0 Å². The fourth-order valence-corrected chi connectivity index (χ4v) is 0.122. The van der Waals surface area contributed by atoms with Gasteiger partial charge in [0.05, 0.1) is 4.92 Å². The molecule has 0 aliphatic carbocycles. The molecule has 0 rings (SSSR count). The molecule has 0 heterocycles. The summed E-state index contributed by atoms with van der Waals surface area (Å²) in [5.74, 6) is 0. The molecule has 0 radical (unpaired) electrons. The van der Waals surface area contributed by atoms with E-state index in [9.17, 15) is 10.1 Å². The van der Waals surface area contributed by atoms with Crippen molar-refractivity contribution in [2.24, 2.45) is 0 Å². The van der Waals surface area contributed by atoms with Gasteiger partial charge in [-0.05, 0) is 19.9 Å². The van der Waals surface area contributed by atoms with Crippen LogP contribution in [-0.4, -0.2) is 11.2 Å². The van der Waals surface area contributed by atoms with Crippen molar-refractivity contribution in [2.45, 2.75) is 41.5 Å². The van der Waals surface area contributed by atoms with Crippen molar-refractivity contribution in [3.8, 4) is 0 Å². The molecule has 0 spiro atoms. The first-order valence-corrected chi connectivity index (χ1v) is 27.7. The van der Waals surface area contributed by atoms with E-state index in [2.05, 4.69) is 99.9 Å². The first-order chi connectivity index (χ1) is 9.33. The minimum atomic E-state index is -0.500. The second-order valence-corrected chi connectivity index (χ2v) is 48.4. The molecular formula is C9H21I5NO3U2V2. The third-order valence-electron chi connectivity index (χ3n) is 0.271. The van der Waals surface area contributed by atoms with Crippen LogP contribution in [0.4, 0.5) is 0 Å². The topological polar surface area (TPSA) is 60.2 Å². The number of nitro groups is 1. The van der Waals surface area contributed by atoms with Crippen molar-refractivity contribution in [1.29, 1.82) is 0 Å². The van der Waals surface area contributed by atoms with Crippen LogP contribution in [0.15, 0.2) is 12.3 Å². The molecule has 0 unspecified atom stereocenters. The average molecular weight is 1400 g/mol. The molecule has 13 heteroatoms. The minimum Gasteiger partial charge on any atom is 0 e. The predicted molar refractivity (Wildman–Crippen MR) is 126 cm³/mol. The minimum absolute atomic E-state index is 0. The molecule has 0 saturated carbocycles. The number of halogens is 5. The molecule has 0 aromatic rings. The zero-order valence-corrected chi connectivity index (χ0v) is 35.1. The SMILES string of the molecule is C/C=C/[N+](=O)[O-].CC.CC.CC=O.[I][V]([I])[I].[I][V][I].[U].[U]. The van der Waals surface area contributed by atoms with Gasteiger partial charge < -0.3 is 4.79 Å². The van der Waals surface area contributed by atoms with Gasteiger partial charge in [0, 0.05) is 62.2 Å². The number of hydrogen-bond acceptors (Lipinski definition) is 3. The summed E-state index contributed by atoms with van der Waals surface area (Å²) in [5.41, 5.74) is 0. The van der Waals surface area contributed by atoms with Crippen LogP contribution < -0.4 is 0 Å². The third kappa shape index (κ3) is 206. The van der Waals surface area contributed by atoms with Crippen LogP contribution >= 0.6 is 99.9 Å². The summed E-state index contributed by atoms with van der Waals surface area (Å²) in [7, 11) is 0.628. The van der Waals surface area contributed by atoms with Crippen molar-refractivity contribution in [3.05, 3.63) is 22.4 Å². The van der Waals surface area contributed by atoms with Gasteiger partial charge in [-0.3, -0.25) is 10.1 Å². The van der Waals surface area contributed by atoms with E-state index >= 15 is 0 Å². The molecule has 0 aromatic carbocycles. The number of carbonyl (C=O) groups excluding carboxylic acids is 1. The molecule has 133 valence electrons. The maximum absolute atomic E-state index is 9.32. The summed E-state index contributed by atoms with van der Waals surface area (Å²) >= 11 is 12.1. The number of hydrogen-bond donors (Lipinski definition) is 0. The van der Waals surface area contributed by atoms with E-state index in [1.165, 1.54) is 13.0 Å². The van der Waals surface area contributed by atoms with Crippen LogP contribution in [0, 0.1) is 72.3 Å². The summed E-state index contributed by atoms with van der Waals surface area (Å²) in [4.78, 5) is 17.3. The molecule has 0 fully saturated rings. The zero-order chi connectivity index (χ0) is 18.0. The fraction of sp³-hybridized carbons (Fsp3) is 0.667. The Morgan fingerprint density at radius 1 is 1.00 bits per heavy atom. The zero-order valence-electron chi connectivity index (χ0n) is 13.2. The number of allylic oxidation sites excluding steroid dienone is 1. The molecule has 0 amide bonds. The normalized spacial score (nSPS) is 6.00. The van der Waals surface area contributed by atoms with Crippen LogP contribution in [-0.2, 0) is 19.2 Å². The Morgan fingerprint density at radius 3 is 1.14 bits per heavy atom. The fourth-order valence-electron chi connectivity index (χ4n) is 0.122. The monoisotopic (exact) mass is 1400 g/mol. The Hall–Kier alpha value is 5.73. The van der Waals surface area contributed by atoms with Gasteiger partial charge >= 0.3 is 114 Å². The van der Waals surface area contributed by atoms with Crippen molar-refractivity contribution in [1.82, 2.24) is 0 Å². The Labute approximate surface area is 250 Å². The molecule has 22 heavy (non-hydrogen) atoms. The van der Waals surface area contributed by atoms with Gasteiger partial charge in [0.15, 0.2) is 0 Å². The molecule has 0 aliphatic heterocycles. The van der Waals surface area contributed by atoms with Crippen molar-refractivity contribution in [3.63, 3.8) is 0 Å². The summed E-state index contributed by atoms with van der Waals surface area (Å²) in [6.07, 6.45) is 3.01. The van der Waals surface area contributed by atoms with Crippen molar-refractivity contribution < 1.29 is 86.3 Å². The molecular weight excluding hydrogens is 1380 g/mol. The van der Waals surface area contributed by atoms with Crippen molar-refractivity contribution in [2.75, 3.05) is 0 Å². The maximum atomic E-state index is 9.32. The number of aldehydes is 1. The summed E-state index contributed by atoms with van der Waals surface area (Å²) in [6.45, 7) is 11.0. The van der Waals surface area contributed by atoms with Crippen LogP contribution in [0.1, 0.15) is 41.5 Å². The standard InChI is InChI=1S/C3H5NO2.C2H4O.2C2H6.5HI.2U.2V/c1-2-3-4(5)6;1-2-3;2*1-2;;;;;;;;;/h2-3H,1H3;2H,1H3;2*1-2H3;5*1H;;;;/q;;;;;;;;;;;+2;+3/p-5/b3-2+;;;;;;;;;;;;. The largest absolute Gasteiger partial charge is 0 e. The van der Waals surface area contributed by atoms with E-state index in [1.54, 1.807) is 6.92 Å². The van der Waals surface area contributed by atoms with E-state index in [0.29, 0.717) is 9.47 Å². The van der Waals surface area contributed by atoms with Crippen LogP contribution in [0.3, 0.4) is 0 Å². The molecule has 0 N–H and O–H groups in total. The number of carbonyl (C=O) groups is 1. The molecule has 0 aromatic heterocycles. The molecule has 4 nitrogen and oxygen atoms in total. The average Bonchev–Trinajstić information content (AvgIpc) is 2.35. The molecule has 0 bridgehead atoms. The van der Waals surface area contributed by atoms with Crippen LogP contribution in [0.5, 0.6) is 0 Å². The van der Waals surface area contributed by atoms with E-state index in [-0.39, 0.29) is 67.1 Å². The van der Waals surface area contributed by atoms with Crippen LogP contribution in [0.25, 0.3) is 0 Å². The summed E-state index contributed by atoms with van der Waals surface area (Å²) in [6, 6.07) is 0. The summed E-state index contributed by atoms with van der Waals surface area (Å²) < 4.78 is 0. The van der Waals surface area contributed by atoms with Gasteiger partial charge in [0.1, 0.15) is 6.29 Å². The Balaban J connectivity index is -0.0000000184. The van der Waals surface area contributed by atoms with Gasteiger partial charge in [-0.2, -0.15) is 0 Å². The number of nitrogens with zero attached hydrogens (tertiary/aromatic N) is 1. The molecule has 0 saturated heterocycles. The van der Waals surface area contributed by atoms with E-state index < -0.39 is 4.92 Å². The van der Waals surface area contributed by atoms with E-state index in [1.807, 2.05) is 27.7 Å². The Morgan fingerprint density at radius 2 is 1.14 bits per heavy atom. The summed E-state index contributed by atoms with van der Waals surface area (Å²) in [5, 5.41) is 9.32. The van der Waals surface area contributed by atoms with Crippen LogP contribution in [0.2, 0.25) is 0 Å². The third-order valence-corrected chi connectivity index (χ3v) is 0.271. The number of rotatable bonds is 1. The van der Waals surface area contributed by atoms with Gasteiger partial charge in [-0.1, -0.05) is 27.7 Å². The molecule has 0 atom stereocenters. The molecule has 0 aliphatic rings. The van der Waals surface area contributed by atoms with Gasteiger partial charge in [0.25, 0.3) is 0 Å². The van der Waals surface area contributed by atoms with E-state index in [4.69, 9.17) is 4.79 Å². The predicted octanol–water partition coefficient (Wildman–Crippen LogP) is 7.48. The van der Waals surface area contributed by atoms with E-state index in [0.717, 1.165) is 12.5 Å². The first kappa shape index (κ1) is 50.9. The van der Waals surface area contributed by atoms with Gasteiger partial charge in [0.2, 0.25) is 6.20 Å². The second kappa shape index (κ2) is 71.5.